The average molecular weight is 258 g/mol. The standard InChI is InChI=1S/C12H26N4O2/c1-7(2)9(13)11(17)15-5-6-16-12(18)10(14)8(3)4/h7-10H,5-6,13-14H2,1-4H3,(H,15,17)(H,16,18)/t9-,10+. The number of hydrogen-bond acceptors (Lipinski definition) is 4. The fourth-order valence-electron chi connectivity index (χ4n) is 1.21. The summed E-state index contributed by atoms with van der Waals surface area (Å²) in [7, 11) is 0. The molecule has 0 aliphatic carbocycles. The quantitative estimate of drug-likeness (QED) is 0.447. The Hall–Kier alpha value is -1.14. The molecule has 0 radical (unpaired) electrons. The number of amides is 2. The van der Waals surface area contributed by atoms with Gasteiger partial charge in [-0.25, -0.2) is 0 Å². The average Bonchev–Trinajstić information content (AvgIpc) is 2.31. The van der Waals surface area contributed by atoms with Gasteiger partial charge >= 0.3 is 0 Å². The highest BCUT2D eigenvalue weighted by Gasteiger charge is 2.18. The van der Waals surface area contributed by atoms with E-state index in [1.807, 2.05) is 27.7 Å². The molecule has 18 heavy (non-hydrogen) atoms. The zero-order valence-corrected chi connectivity index (χ0v) is 11.7. The van der Waals surface area contributed by atoms with Gasteiger partial charge in [0.1, 0.15) is 0 Å². The fraction of sp³-hybridized carbons (Fsp3) is 0.833. The largest absolute Gasteiger partial charge is 0.353 e. The van der Waals surface area contributed by atoms with Crippen molar-refractivity contribution in [2.45, 2.75) is 39.8 Å². The molecule has 2 atom stereocenters. The van der Waals surface area contributed by atoms with Crippen LogP contribution in [0.2, 0.25) is 0 Å². The van der Waals surface area contributed by atoms with E-state index in [-0.39, 0.29) is 23.7 Å². The lowest BCUT2D eigenvalue weighted by Crippen LogP contribution is -2.48. The fourth-order valence-corrected chi connectivity index (χ4v) is 1.21. The maximum Gasteiger partial charge on any atom is 0.237 e. The number of carbonyl (C=O) groups is 2. The molecule has 0 aliphatic heterocycles. The Balaban J connectivity index is 3.81. The summed E-state index contributed by atoms with van der Waals surface area (Å²) in [4.78, 5) is 23.0. The molecule has 0 saturated heterocycles. The van der Waals surface area contributed by atoms with Crippen molar-refractivity contribution in [1.82, 2.24) is 10.6 Å². The summed E-state index contributed by atoms with van der Waals surface area (Å²) < 4.78 is 0. The second kappa shape index (κ2) is 8.05. The van der Waals surface area contributed by atoms with E-state index < -0.39 is 12.1 Å². The number of nitrogens with one attached hydrogen (secondary N) is 2. The zero-order chi connectivity index (χ0) is 14.3. The van der Waals surface area contributed by atoms with Crippen LogP contribution in [-0.4, -0.2) is 37.0 Å². The molecule has 2 amide bonds. The minimum Gasteiger partial charge on any atom is -0.353 e. The molecule has 6 heteroatoms. The topological polar surface area (TPSA) is 110 Å². The summed E-state index contributed by atoms with van der Waals surface area (Å²) in [5, 5.41) is 5.34. The Morgan fingerprint density at radius 1 is 0.833 bits per heavy atom. The Labute approximate surface area is 109 Å². The lowest BCUT2D eigenvalue weighted by Gasteiger charge is -2.17. The third-order valence-corrected chi connectivity index (χ3v) is 2.77. The first-order valence-corrected chi connectivity index (χ1v) is 6.34. The maximum atomic E-state index is 11.5. The minimum absolute atomic E-state index is 0.0916. The molecule has 0 aromatic heterocycles. The smallest absolute Gasteiger partial charge is 0.237 e. The molecular weight excluding hydrogens is 232 g/mol. The molecule has 0 aromatic rings. The highest BCUT2D eigenvalue weighted by molar-refractivity contribution is 5.82. The van der Waals surface area contributed by atoms with Crippen LogP contribution in [0.3, 0.4) is 0 Å². The van der Waals surface area contributed by atoms with Crippen molar-refractivity contribution >= 4 is 11.8 Å². The monoisotopic (exact) mass is 258 g/mol. The molecule has 0 bridgehead atoms. The predicted octanol–water partition coefficient (Wildman–Crippen LogP) is -0.815. The van der Waals surface area contributed by atoms with Crippen LogP contribution in [-0.2, 0) is 9.59 Å². The summed E-state index contributed by atoms with van der Waals surface area (Å²) in [5.41, 5.74) is 11.3. The van der Waals surface area contributed by atoms with Gasteiger partial charge in [-0.05, 0) is 11.8 Å². The second-order valence-corrected chi connectivity index (χ2v) is 5.12. The van der Waals surface area contributed by atoms with E-state index in [0.717, 1.165) is 0 Å². The second-order valence-electron chi connectivity index (χ2n) is 5.12. The van der Waals surface area contributed by atoms with E-state index in [2.05, 4.69) is 10.6 Å². The van der Waals surface area contributed by atoms with Crippen LogP contribution in [0.15, 0.2) is 0 Å². The summed E-state index contributed by atoms with van der Waals surface area (Å²) in [6, 6.07) is -1.03. The van der Waals surface area contributed by atoms with Gasteiger partial charge in [-0.3, -0.25) is 9.59 Å². The molecule has 0 aromatic carbocycles. The molecule has 0 spiro atoms. The van der Waals surface area contributed by atoms with Gasteiger partial charge in [0.15, 0.2) is 0 Å². The zero-order valence-electron chi connectivity index (χ0n) is 11.7. The minimum atomic E-state index is -0.515. The lowest BCUT2D eigenvalue weighted by atomic mass is 10.0. The van der Waals surface area contributed by atoms with Gasteiger partial charge in [-0.15, -0.1) is 0 Å². The first-order chi connectivity index (χ1) is 8.27. The number of rotatable bonds is 7. The van der Waals surface area contributed by atoms with Crippen LogP contribution in [0.5, 0.6) is 0 Å². The summed E-state index contributed by atoms with van der Waals surface area (Å²) in [6.07, 6.45) is 0. The first-order valence-electron chi connectivity index (χ1n) is 6.34. The van der Waals surface area contributed by atoms with E-state index >= 15 is 0 Å². The van der Waals surface area contributed by atoms with Crippen LogP contribution >= 0.6 is 0 Å². The van der Waals surface area contributed by atoms with Crippen molar-refractivity contribution in [3.05, 3.63) is 0 Å². The molecule has 0 fully saturated rings. The van der Waals surface area contributed by atoms with Crippen LogP contribution in [0, 0.1) is 11.8 Å². The molecule has 6 N–H and O–H groups in total. The van der Waals surface area contributed by atoms with Crippen molar-refractivity contribution in [2.24, 2.45) is 23.3 Å². The molecule has 0 unspecified atom stereocenters. The van der Waals surface area contributed by atoms with Crippen LogP contribution in [0.25, 0.3) is 0 Å². The number of carbonyl (C=O) groups excluding carboxylic acids is 2. The van der Waals surface area contributed by atoms with E-state index in [9.17, 15) is 9.59 Å². The van der Waals surface area contributed by atoms with E-state index in [0.29, 0.717) is 13.1 Å². The molecule has 0 heterocycles. The van der Waals surface area contributed by atoms with Gasteiger partial charge in [0.25, 0.3) is 0 Å². The summed E-state index contributed by atoms with van der Waals surface area (Å²) >= 11 is 0. The van der Waals surface area contributed by atoms with Crippen LogP contribution < -0.4 is 22.1 Å². The molecule has 0 aliphatic rings. The highest BCUT2D eigenvalue weighted by Crippen LogP contribution is 1.98. The van der Waals surface area contributed by atoms with Crippen molar-refractivity contribution in [2.75, 3.05) is 13.1 Å². The van der Waals surface area contributed by atoms with Gasteiger partial charge < -0.3 is 22.1 Å². The molecular formula is C12H26N4O2. The molecule has 0 saturated carbocycles. The normalized spacial score (nSPS) is 14.4. The molecule has 0 rings (SSSR count). The van der Waals surface area contributed by atoms with E-state index in [1.165, 1.54) is 0 Å². The summed E-state index contributed by atoms with van der Waals surface area (Å²) in [5.74, 6) is -0.220. The van der Waals surface area contributed by atoms with Gasteiger partial charge in [0, 0.05) is 13.1 Å². The SMILES string of the molecule is CC(C)[C@H](N)C(=O)NCCNC(=O)[C@H](N)C(C)C. The van der Waals surface area contributed by atoms with Gasteiger partial charge in [0.2, 0.25) is 11.8 Å². The molecule has 6 nitrogen and oxygen atoms in total. The van der Waals surface area contributed by atoms with Crippen molar-refractivity contribution in [3.63, 3.8) is 0 Å². The van der Waals surface area contributed by atoms with E-state index in [1.54, 1.807) is 0 Å². The van der Waals surface area contributed by atoms with Gasteiger partial charge in [-0.1, -0.05) is 27.7 Å². The van der Waals surface area contributed by atoms with Crippen molar-refractivity contribution in [1.29, 1.82) is 0 Å². The lowest BCUT2D eigenvalue weighted by molar-refractivity contribution is -0.125. The van der Waals surface area contributed by atoms with Crippen molar-refractivity contribution in [3.8, 4) is 0 Å². The third-order valence-electron chi connectivity index (χ3n) is 2.77. The Morgan fingerprint density at radius 3 is 1.33 bits per heavy atom. The third kappa shape index (κ3) is 5.97. The van der Waals surface area contributed by atoms with Crippen LogP contribution in [0.4, 0.5) is 0 Å². The first kappa shape index (κ1) is 16.9. The Morgan fingerprint density at radius 2 is 1.11 bits per heavy atom. The van der Waals surface area contributed by atoms with Crippen LogP contribution in [0.1, 0.15) is 27.7 Å². The maximum absolute atomic E-state index is 11.5. The predicted molar refractivity (Wildman–Crippen MR) is 71.6 cm³/mol. The number of nitrogens with two attached hydrogens (primary N) is 2. The van der Waals surface area contributed by atoms with Gasteiger partial charge in [0.05, 0.1) is 12.1 Å². The summed E-state index contributed by atoms with van der Waals surface area (Å²) in [6.45, 7) is 8.24. The van der Waals surface area contributed by atoms with Gasteiger partial charge in [-0.2, -0.15) is 0 Å². The number of hydrogen-bond donors (Lipinski definition) is 4. The van der Waals surface area contributed by atoms with E-state index in [4.69, 9.17) is 11.5 Å². The van der Waals surface area contributed by atoms with Crippen molar-refractivity contribution < 1.29 is 9.59 Å². The highest BCUT2D eigenvalue weighted by atomic mass is 16.2. The Bertz CT molecular complexity index is 251. The molecule has 106 valence electrons. The Kier molecular flexibility index (Phi) is 7.54.